The number of hydrogen-bond donors (Lipinski definition) is 1. The summed E-state index contributed by atoms with van der Waals surface area (Å²) in [5.74, 6) is 0. The number of hydrogen-bond acceptors (Lipinski definition) is 3. The monoisotopic (exact) mass is 176 g/mol. The van der Waals surface area contributed by atoms with E-state index in [4.69, 9.17) is 5.73 Å². The van der Waals surface area contributed by atoms with E-state index in [1.165, 1.54) is 5.56 Å². The van der Waals surface area contributed by atoms with Crippen LogP contribution in [0.5, 0.6) is 0 Å². The first-order valence-corrected chi connectivity index (χ1v) is 4.61. The van der Waals surface area contributed by atoms with E-state index >= 15 is 0 Å². The largest absolute Gasteiger partial charge is 0.368 e. The minimum atomic E-state index is 0.313. The van der Waals surface area contributed by atoms with E-state index in [9.17, 15) is 0 Å². The van der Waals surface area contributed by atoms with Crippen molar-refractivity contribution < 1.29 is 0 Å². The normalized spacial score (nSPS) is 22.3. The summed E-state index contributed by atoms with van der Waals surface area (Å²) in [6, 6.07) is 2.32. The van der Waals surface area contributed by atoms with Crippen molar-refractivity contribution in [2.45, 2.75) is 19.4 Å². The van der Waals surface area contributed by atoms with Gasteiger partial charge in [-0.3, -0.25) is 4.98 Å². The molecule has 0 spiro atoms. The lowest BCUT2D eigenvalue weighted by Crippen LogP contribution is -2.26. The standard InChI is InChI=1S/C10H14N3/c1-8-2-4-12-6-10(8)13-5-3-9(11)7-13/h2,4,9H,3,5,7,11H2,1H3. The van der Waals surface area contributed by atoms with E-state index in [-0.39, 0.29) is 0 Å². The Balaban J connectivity index is 2.21. The Morgan fingerprint density at radius 3 is 3.15 bits per heavy atom. The van der Waals surface area contributed by atoms with Gasteiger partial charge >= 0.3 is 0 Å². The smallest absolute Gasteiger partial charge is 0.114 e. The fourth-order valence-corrected chi connectivity index (χ4v) is 1.73. The maximum absolute atomic E-state index is 5.84. The molecule has 69 valence electrons. The third-order valence-electron chi connectivity index (χ3n) is 2.48. The topological polar surface area (TPSA) is 42.2 Å². The molecular formula is C10H14N3. The summed E-state index contributed by atoms with van der Waals surface area (Å²) in [7, 11) is 0. The molecule has 1 fully saturated rings. The van der Waals surface area contributed by atoms with E-state index in [0.29, 0.717) is 6.04 Å². The van der Waals surface area contributed by atoms with Crippen LogP contribution < -0.4 is 10.6 Å². The fraction of sp³-hybridized carbons (Fsp3) is 0.500. The maximum Gasteiger partial charge on any atom is 0.114 e. The predicted molar refractivity (Wildman–Crippen MR) is 52.6 cm³/mol. The van der Waals surface area contributed by atoms with Crippen LogP contribution in [0.2, 0.25) is 0 Å². The maximum atomic E-state index is 5.84. The van der Waals surface area contributed by atoms with Crippen LogP contribution >= 0.6 is 0 Å². The van der Waals surface area contributed by atoms with E-state index in [1.807, 2.05) is 6.07 Å². The molecule has 0 amide bonds. The summed E-state index contributed by atoms with van der Waals surface area (Å²) in [5, 5.41) is 0. The quantitative estimate of drug-likeness (QED) is 0.686. The lowest BCUT2D eigenvalue weighted by Gasteiger charge is -2.18. The molecule has 1 aromatic rings. The third kappa shape index (κ3) is 1.65. The summed E-state index contributed by atoms with van der Waals surface area (Å²) in [6.45, 7) is 4.05. The Morgan fingerprint density at radius 2 is 2.54 bits per heavy atom. The highest BCUT2D eigenvalue weighted by Gasteiger charge is 2.20. The average molecular weight is 176 g/mol. The van der Waals surface area contributed by atoms with Gasteiger partial charge in [-0.1, -0.05) is 0 Å². The molecule has 2 rings (SSSR count). The van der Waals surface area contributed by atoms with Crippen molar-refractivity contribution in [3.05, 3.63) is 24.0 Å². The molecule has 3 heteroatoms. The van der Waals surface area contributed by atoms with Gasteiger partial charge in [0.05, 0.1) is 5.69 Å². The first-order chi connectivity index (χ1) is 6.27. The molecule has 1 aliphatic heterocycles. The molecule has 2 N–H and O–H groups in total. The second-order valence-electron chi connectivity index (χ2n) is 3.58. The molecule has 0 saturated carbocycles. The van der Waals surface area contributed by atoms with Crippen molar-refractivity contribution in [3.8, 4) is 0 Å². The second kappa shape index (κ2) is 3.34. The zero-order valence-corrected chi connectivity index (χ0v) is 7.83. The van der Waals surface area contributed by atoms with Crippen LogP contribution in [-0.4, -0.2) is 24.1 Å². The Morgan fingerprint density at radius 1 is 1.69 bits per heavy atom. The predicted octanol–water partition coefficient (Wildman–Crippen LogP) is 0.728. The summed E-state index contributed by atoms with van der Waals surface area (Å²) in [6.07, 6.45) is 5.86. The minimum Gasteiger partial charge on any atom is -0.368 e. The number of nitrogens with two attached hydrogens (primary N) is 1. The van der Waals surface area contributed by atoms with Gasteiger partial charge in [-0.2, -0.15) is 0 Å². The molecule has 1 aromatic heterocycles. The van der Waals surface area contributed by atoms with Gasteiger partial charge in [-0.25, -0.2) is 0 Å². The zero-order chi connectivity index (χ0) is 9.26. The molecule has 2 heterocycles. The highest BCUT2D eigenvalue weighted by atomic mass is 15.2. The van der Waals surface area contributed by atoms with Crippen LogP contribution in [0, 0.1) is 13.1 Å². The Kier molecular flexibility index (Phi) is 2.19. The molecule has 3 nitrogen and oxygen atoms in total. The number of pyridine rings is 1. The van der Waals surface area contributed by atoms with Gasteiger partial charge in [0.25, 0.3) is 0 Å². The van der Waals surface area contributed by atoms with Crippen LogP contribution in [-0.2, 0) is 0 Å². The molecule has 0 aromatic carbocycles. The first kappa shape index (κ1) is 8.51. The summed E-state index contributed by atoms with van der Waals surface area (Å²) >= 11 is 0. The van der Waals surface area contributed by atoms with E-state index < -0.39 is 0 Å². The molecule has 1 radical (unpaired) electrons. The van der Waals surface area contributed by atoms with Crippen LogP contribution in [0.3, 0.4) is 0 Å². The van der Waals surface area contributed by atoms with Crippen LogP contribution in [0.25, 0.3) is 0 Å². The number of anilines is 1. The van der Waals surface area contributed by atoms with Gasteiger partial charge < -0.3 is 10.6 Å². The number of rotatable bonds is 1. The number of nitrogens with zero attached hydrogens (tertiary/aromatic N) is 2. The number of aromatic nitrogens is 1. The van der Waals surface area contributed by atoms with Crippen molar-refractivity contribution in [1.82, 2.24) is 4.98 Å². The van der Waals surface area contributed by atoms with Gasteiger partial charge in [0.1, 0.15) is 6.20 Å². The molecule has 1 saturated heterocycles. The molecular weight excluding hydrogens is 162 g/mol. The second-order valence-corrected chi connectivity index (χ2v) is 3.58. The van der Waals surface area contributed by atoms with E-state index in [2.05, 4.69) is 23.0 Å². The Labute approximate surface area is 78.6 Å². The van der Waals surface area contributed by atoms with Crippen molar-refractivity contribution >= 4 is 5.69 Å². The molecule has 0 aliphatic carbocycles. The Hall–Kier alpha value is -1.09. The van der Waals surface area contributed by atoms with Gasteiger partial charge in [-0.15, -0.1) is 0 Å². The van der Waals surface area contributed by atoms with Crippen LogP contribution in [0.4, 0.5) is 5.69 Å². The summed E-state index contributed by atoms with van der Waals surface area (Å²) in [5.41, 5.74) is 8.17. The van der Waals surface area contributed by atoms with Crippen LogP contribution in [0.1, 0.15) is 12.0 Å². The van der Waals surface area contributed by atoms with Gasteiger partial charge in [0, 0.05) is 25.3 Å². The molecule has 1 atom stereocenters. The summed E-state index contributed by atoms with van der Waals surface area (Å²) < 4.78 is 0. The summed E-state index contributed by atoms with van der Waals surface area (Å²) in [4.78, 5) is 6.26. The van der Waals surface area contributed by atoms with Crippen molar-refractivity contribution in [3.63, 3.8) is 0 Å². The minimum absolute atomic E-state index is 0.313. The molecule has 1 unspecified atom stereocenters. The van der Waals surface area contributed by atoms with Gasteiger partial charge in [0.2, 0.25) is 0 Å². The average Bonchev–Trinajstić information content (AvgIpc) is 2.53. The van der Waals surface area contributed by atoms with Crippen molar-refractivity contribution in [2.24, 2.45) is 5.73 Å². The Bertz CT molecular complexity index is 298. The molecule has 13 heavy (non-hydrogen) atoms. The lowest BCUT2D eigenvalue weighted by atomic mass is 10.2. The lowest BCUT2D eigenvalue weighted by molar-refractivity contribution is 0.752. The van der Waals surface area contributed by atoms with Gasteiger partial charge in [-0.05, 0) is 25.0 Å². The van der Waals surface area contributed by atoms with E-state index in [0.717, 1.165) is 25.2 Å². The molecule has 0 bridgehead atoms. The van der Waals surface area contributed by atoms with Crippen molar-refractivity contribution in [1.29, 1.82) is 0 Å². The first-order valence-electron chi connectivity index (χ1n) is 4.61. The van der Waals surface area contributed by atoms with Gasteiger partial charge in [0.15, 0.2) is 0 Å². The third-order valence-corrected chi connectivity index (χ3v) is 2.48. The molecule has 1 aliphatic rings. The number of aryl methyl sites for hydroxylation is 1. The zero-order valence-electron chi connectivity index (χ0n) is 7.83. The highest BCUT2D eigenvalue weighted by molar-refractivity contribution is 5.51. The van der Waals surface area contributed by atoms with Crippen molar-refractivity contribution in [2.75, 3.05) is 18.0 Å². The van der Waals surface area contributed by atoms with E-state index in [1.54, 1.807) is 6.20 Å². The SMILES string of the molecule is Cc1ccn[c]c1N1CCC(N)C1. The fourth-order valence-electron chi connectivity index (χ4n) is 1.73. The highest BCUT2D eigenvalue weighted by Crippen LogP contribution is 2.21. The van der Waals surface area contributed by atoms with Crippen LogP contribution in [0.15, 0.2) is 12.3 Å².